The zero-order valence-corrected chi connectivity index (χ0v) is 16.1. The van der Waals surface area contributed by atoms with Crippen LogP contribution in [0.5, 0.6) is 0 Å². The summed E-state index contributed by atoms with van der Waals surface area (Å²) in [5.74, 6) is -1.73. The average Bonchev–Trinajstić information content (AvgIpc) is 3.06. The molecule has 0 bridgehead atoms. The van der Waals surface area contributed by atoms with Gasteiger partial charge in [-0.05, 0) is 38.0 Å². The number of guanidine groups is 1. The first kappa shape index (κ1) is 22.7. The Morgan fingerprint density at radius 3 is 2.52 bits per heavy atom. The monoisotopic (exact) mass is 384 g/mol. The number of aliphatic carboxylic acids is 1. The lowest BCUT2D eigenvalue weighted by molar-refractivity contribution is -0.144. The third-order valence-electron chi connectivity index (χ3n) is 4.45. The SMILES string of the molecule is CC(C)CC(NC(=O)C1CCCN1C(=O)C(N)CCCN=C(N)N)C(=O)O. The zero-order chi connectivity index (χ0) is 20.6. The minimum absolute atomic E-state index is 0.0134. The normalized spacial score (nSPS) is 18.8. The molecule has 1 heterocycles. The number of hydrogen-bond donors (Lipinski definition) is 5. The molecular formula is C17H32N6O4. The van der Waals surface area contributed by atoms with Crippen LogP contribution >= 0.6 is 0 Å². The Morgan fingerprint density at radius 1 is 1.30 bits per heavy atom. The van der Waals surface area contributed by atoms with E-state index in [1.165, 1.54) is 4.90 Å². The van der Waals surface area contributed by atoms with Crippen molar-refractivity contribution in [1.82, 2.24) is 10.2 Å². The van der Waals surface area contributed by atoms with Crippen molar-refractivity contribution in [2.45, 2.75) is 64.1 Å². The van der Waals surface area contributed by atoms with Crippen LogP contribution in [0.2, 0.25) is 0 Å². The number of aliphatic imine (C=N–C) groups is 1. The maximum absolute atomic E-state index is 12.6. The zero-order valence-electron chi connectivity index (χ0n) is 16.1. The van der Waals surface area contributed by atoms with E-state index in [2.05, 4.69) is 10.3 Å². The third-order valence-corrected chi connectivity index (χ3v) is 4.45. The summed E-state index contributed by atoms with van der Waals surface area (Å²) >= 11 is 0. The molecule has 0 spiro atoms. The fraction of sp³-hybridized carbons (Fsp3) is 0.765. The Balaban J connectivity index is 2.65. The number of hydrogen-bond acceptors (Lipinski definition) is 5. The van der Waals surface area contributed by atoms with Gasteiger partial charge in [-0.15, -0.1) is 0 Å². The maximum Gasteiger partial charge on any atom is 0.326 e. The fourth-order valence-corrected chi connectivity index (χ4v) is 3.12. The van der Waals surface area contributed by atoms with Crippen molar-refractivity contribution in [1.29, 1.82) is 0 Å². The molecule has 154 valence electrons. The molecule has 0 aromatic rings. The van der Waals surface area contributed by atoms with E-state index in [9.17, 15) is 19.5 Å². The van der Waals surface area contributed by atoms with Gasteiger partial charge >= 0.3 is 5.97 Å². The molecule has 0 aliphatic carbocycles. The molecule has 0 aromatic carbocycles. The molecule has 3 atom stereocenters. The Bertz CT molecular complexity index is 562. The lowest BCUT2D eigenvalue weighted by Crippen LogP contribution is -2.54. The summed E-state index contributed by atoms with van der Waals surface area (Å²) in [6.45, 7) is 4.58. The van der Waals surface area contributed by atoms with Crippen LogP contribution in [0, 0.1) is 5.92 Å². The topological polar surface area (TPSA) is 177 Å². The van der Waals surface area contributed by atoms with Crippen molar-refractivity contribution in [3.05, 3.63) is 0 Å². The highest BCUT2D eigenvalue weighted by Crippen LogP contribution is 2.20. The first-order chi connectivity index (χ1) is 12.6. The van der Waals surface area contributed by atoms with Crippen molar-refractivity contribution in [2.24, 2.45) is 28.1 Å². The number of carboxylic acid groups (broad SMARTS) is 1. The highest BCUT2D eigenvalue weighted by Gasteiger charge is 2.37. The second-order valence-corrected chi connectivity index (χ2v) is 7.27. The Hall–Kier alpha value is -2.36. The molecule has 1 rings (SSSR count). The van der Waals surface area contributed by atoms with Crippen LogP contribution in [0.3, 0.4) is 0 Å². The van der Waals surface area contributed by atoms with Gasteiger partial charge in [0, 0.05) is 13.1 Å². The van der Waals surface area contributed by atoms with Gasteiger partial charge in [0.1, 0.15) is 12.1 Å². The van der Waals surface area contributed by atoms with E-state index in [4.69, 9.17) is 17.2 Å². The number of nitrogens with two attached hydrogens (primary N) is 3. The largest absolute Gasteiger partial charge is 0.480 e. The van der Waals surface area contributed by atoms with Crippen molar-refractivity contribution in [3.63, 3.8) is 0 Å². The van der Waals surface area contributed by atoms with Crippen LogP contribution in [-0.2, 0) is 14.4 Å². The molecule has 0 aromatic heterocycles. The summed E-state index contributed by atoms with van der Waals surface area (Å²) in [6.07, 6.45) is 2.43. The second kappa shape index (κ2) is 10.7. The standard InChI is InChI=1S/C17H32N6O4/c1-10(2)9-12(16(26)27)22-14(24)13-6-4-8-23(13)15(25)11(18)5-3-7-21-17(19)20/h10-13H,3-9,18H2,1-2H3,(H,22,24)(H,26,27)(H4,19,20,21). The molecule has 0 radical (unpaired) electrons. The molecule has 10 heteroatoms. The van der Waals surface area contributed by atoms with Crippen LogP contribution in [0.1, 0.15) is 46.0 Å². The summed E-state index contributed by atoms with van der Waals surface area (Å²) in [6, 6.07) is -2.41. The van der Waals surface area contributed by atoms with Gasteiger partial charge in [0.2, 0.25) is 11.8 Å². The summed E-state index contributed by atoms with van der Waals surface area (Å²) in [5, 5.41) is 11.9. The minimum atomic E-state index is -1.08. The molecule has 1 aliphatic heterocycles. The van der Waals surface area contributed by atoms with Crippen LogP contribution in [0.25, 0.3) is 0 Å². The summed E-state index contributed by atoms with van der Waals surface area (Å²) in [5.41, 5.74) is 16.5. The number of nitrogens with zero attached hydrogens (tertiary/aromatic N) is 2. The van der Waals surface area contributed by atoms with Gasteiger partial charge in [-0.25, -0.2) is 4.79 Å². The van der Waals surface area contributed by atoms with E-state index in [1.807, 2.05) is 13.8 Å². The second-order valence-electron chi connectivity index (χ2n) is 7.27. The average molecular weight is 384 g/mol. The van der Waals surface area contributed by atoms with Gasteiger partial charge in [0.05, 0.1) is 6.04 Å². The van der Waals surface area contributed by atoms with Gasteiger partial charge in [-0.2, -0.15) is 0 Å². The smallest absolute Gasteiger partial charge is 0.326 e. The summed E-state index contributed by atoms with van der Waals surface area (Å²) in [7, 11) is 0. The predicted octanol–water partition coefficient (Wildman–Crippen LogP) is -1.03. The Morgan fingerprint density at radius 2 is 1.96 bits per heavy atom. The molecule has 1 aliphatic rings. The van der Waals surface area contributed by atoms with Crippen molar-refractivity contribution < 1.29 is 19.5 Å². The number of carbonyl (C=O) groups excluding carboxylic acids is 2. The fourth-order valence-electron chi connectivity index (χ4n) is 3.12. The molecule has 1 fully saturated rings. The quantitative estimate of drug-likeness (QED) is 0.182. The van der Waals surface area contributed by atoms with Crippen LogP contribution in [0.15, 0.2) is 4.99 Å². The Kier molecular flexibility index (Phi) is 8.99. The van der Waals surface area contributed by atoms with Crippen LogP contribution < -0.4 is 22.5 Å². The number of likely N-dealkylation sites (tertiary alicyclic amines) is 1. The van der Waals surface area contributed by atoms with Crippen molar-refractivity contribution in [3.8, 4) is 0 Å². The lowest BCUT2D eigenvalue weighted by atomic mass is 10.0. The molecule has 3 unspecified atom stereocenters. The van der Waals surface area contributed by atoms with E-state index in [0.717, 1.165) is 0 Å². The summed E-state index contributed by atoms with van der Waals surface area (Å²) < 4.78 is 0. The first-order valence-electron chi connectivity index (χ1n) is 9.28. The first-order valence-corrected chi connectivity index (χ1v) is 9.28. The number of carbonyl (C=O) groups is 3. The Labute approximate surface area is 159 Å². The third kappa shape index (κ3) is 7.41. The van der Waals surface area contributed by atoms with Crippen molar-refractivity contribution in [2.75, 3.05) is 13.1 Å². The van der Waals surface area contributed by atoms with Gasteiger partial charge in [-0.3, -0.25) is 14.6 Å². The van der Waals surface area contributed by atoms with E-state index >= 15 is 0 Å². The van der Waals surface area contributed by atoms with Gasteiger partial charge < -0.3 is 32.5 Å². The predicted molar refractivity (Wildman–Crippen MR) is 102 cm³/mol. The number of rotatable bonds is 10. The number of carboxylic acids is 1. The van der Waals surface area contributed by atoms with Crippen LogP contribution in [0.4, 0.5) is 0 Å². The van der Waals surface area contributed by atoms with Gasteiger partial charge in [0.15, 0.2) is 5.96 Å². The van der Waals surface area contributed by atoms with E-state index in [1.54, 1.807) is 0 Å². The molecule has 8 N–H and O–H groups in total. The van der Waals surface area contributed by atoms with E-state index in [0.29, 0.717) is 45.2 Å². The molecular weight excluding hydrogens is 352 g/mol. The van der Waals surface area contributed by atoms with E-state index in [-0.39, 0.29) is 17.8 Å². The highest BCUT2D eigenvalue weighted by molar-refractivity contribution is 5.92. The van der Waals surface area contributed by atoms with Gasteiger partial charge in [-0.1, -0.05) is 13.8 Å². The number of nitrogens with one attached hydrogen (secondary N) is 1. The molecule has 10 nitrogen and oxygen atoms in total. The molecule has 1 saturated heterocycles. The molecule has 0 saturated carbocycles. The van der Waals surface area contributed by atoms with Crippen molar-refractivity contribution >= 4 is 23.7 Å². The molecule has 27 heavy (non-hydrogen) atoms. The van der Waals surface area contributed by atoms with Gasteiger partial charge in [0.25, 0.3) is 0 Å². The lowest BCUT2D eigenvalue weighted by Gasteiger charge is -2.28. The molecule has 2 amide bonds. The van der Waals surface area contributed by atoms with E-state index < -0.39 is 30.0 Å². The number of amides is 2. The van der Waals surface area contributed by atoms with Crippen LogP contribution in [-0.4, -0.2) is 65.0 Å². The minimum Gasteiger partial charge on any atom is -0.480 e. The summed E-state index contributed by atoms with van der Waals surface area (Å²) in [4.78, 5) is 41.8. The maximum atomic E-state index is 12.6. The highest BCUT2D eigenvalue weighted by atomic mass is 16.4.